The van der Waals surface area contributed by atoms with Crippen molar-refractivity contribution in [1.29, 1.82) is 0 Å². The number of aryl methyl sites for hydroxylation is 1. The Morgan fingerprint density at radius 2 is 2.06 bits per heavy atom. The first kappa shape index (κ1) is 12.4. The fraction of sp³-hybridized carbons (Fsp3) is 0.600. The largest absolute Gasteiger partial charge is 0.496 e. The maximum Gasteiger partial charge on any atom is 0.122 e. The number of fused-ring (bicyclic) bond motifs is 1. The number of hydrogen-bond acceptors (Lipinski definition) is 2. The van der Waals surface area contributed by atoms with Crippen molar-refractivity contribution in [1.82, 2.24) is 0 Å². The molecule has 2 heteroatoms. The van der Waals surface area contributed by atoms with Gasteiger partial charge in [-0.2, -0.15) is 0 Å². The van der Waals surface area contributed by atoms with E-state index in [1.807, 2.05) is 12.1 Å². The smallest absolute Gasteiger partial charge is 0.122 e. The number of aliphatic hydroxyl groups is 1. The van der Waals surface area contributed by atoms with Crippen LogP contribution in [0.25, 0.3) is 0 Å². The summed E-state index contributed by atoms with van der Waals surface area (Å²) in [6.07, 6.45) is 2.55. The van der Waals surface area contributed by atoms with Crippen LogP contribution in [0.3, 0.4) is 0 Å². The van der Waals surface area contributed by atoms with E-state index in [1.54, 1.807) is 7.11 Å². The first-order chi connectivity index (χ1) is 7.94. The third kappa shape index (κ3) is 2.32. The molecule has 0 radical (unpaired) electrons. The molecular weight excluding hydrogens is 212 g/mol. The Hall–Kier alpha value is -1.02. The molecule has 1 unspecified atom stereocenters. The van der Waals surface area contributed by atoms with E-state index in [1.165, 1.54) is 11.1 Å². The van der Waals surface area contributed by atoms with Gasteiger partial charge in [-0.1, -0.05) is 19.9 Å². The Bertz CT molecular complexity index is 421. The summed E-state index contributed by atoms with van der Waals surface area (Å²) in [6.45, 7) is 6.52. The van der Waals surface area contributed by atoms with E-state index < -0.39 is 0 Å². The lowest BCUT2D eigenvalue weighted by molar-refractivity contribution is 0.116. The van der Waals surface area contributed by atoms with Gasteiger partial charge >= 0.3 is 0 Å². The Morgan fingerprint density at radius 1 is 1.35 bits per heavy atom. The molecule has 1 N–H and O–H groups in total. The molecule has 2 nitrogen and oxygen atoms in total. The minimum Gasteiger partial charge on any atom is -0.496 e. The molecule has 0 saturated heterocycles. The minimum absolute atomic E-state index is 0.190. The topological polar surface area (TPSA) is 29.5 Å². The molecule has 1 aromatic rings. The van der Waals surface area contributed by atoms with Gasteiger partial charge in [0, 0.05) is 5.56 Å². The van der Waals surface area contributed by atoms with Gasteiger partial charge < -0.3 is 9.84 Å². The van der Waals surface area contributed by atoms with Crippen molar-refractivity contribution in [3.63, 3.8) is 0 Å². The summed E-state index contributed by atoms with van der Waals surface area (Å²) in [7, 11) is 1.70. The quantitative estimate of drug-likeness (QED) is 0.755. The van der Waals surface area contributed by atoms with Crippen molar-refractivity contribution >= 4 is 0 Å². The second-order valence-corrected chi connectivity index (χ2v) is 5.86. The van der Waals surface area contributed by atoms with Crippen molar-refractivity contribution in [3.8, 4) is 5.75 Å². The minimum atomic E-state index is -0.363. The van der Waals surface area contributed by atoms with Crippen LogP contribution in [-0.4, -0.2) is 12.2 Å². The van der Waals surface area contributed by atoms with E-state index in [0.29, 0.717) is 0 Å². The molecule has 94 valence electrons. The van der Waals surface area contributed by atoms with Gasteiger partial charge in [0.15, 0.2) is 0 Å². The molecule has 0 heterocycles. The number of benzene rings is 1. The molecular formula is C15H22O2. The number of aliphatic hydroxyl groups excluding tert-OH is 1. The molecule has 2 rings (SSSR count). The lowest BCUT2D eigenvalue weighted by atomic mass is 9.83. The van der Waals surface area contributed by atoms with Crippen LogP contribution in [0, 0.1) is 12.3 Å². The average Bonchev–Trinajstić information content (AvgIpc) is 2.36. The fourth-order valence-electron chi connectivity index (χ4n) is 2.87. The van der Waals surface area contributed by atoms with E-state index in [4.69, 9.17) is 4.74 Å². The van der Waals surface area contributed by atoms with Crippen LogP contribution in [-0.2, 0) is 6.42 Å². The lowest BCUT2D eigenvalue weighted by Crippen LogP contribution is -2.13. The number of methoxy groups -OCH3 is 1. The van der Waals surface area contributed by atoms with Gasteiger partial charge in [0.1, 0.15) is 5.75 Å². The van der Waals surface area contributed by atoms with E-state index in [9.17, 15) is 5.11 Å². The number of ether oxygens (including phenoxy) is 1. The third-order valence-corrected chi connectivity index (χ3v) is 3.88. The second-order valence-electron chi connectivity index (χ2n) is 5.86. The summed E-state index contributed by atoms with van der Waals surface area (Å²) < 4.78 is 5.43. The molecule has 1 aliphatic rings. The molecule has 0 saturated carbocycles. The molecule has 17 heavy (non-hydrogen) atoms. The van der Waals surface area contributed by atoms with Gasteiger partial charge in [0.2, 0.25) is 0 Å². The first-order valence-electron chi connectivity index (χ1n) is 6.29. The average molecular weight is 234 g/mol. The molecule has 0 spiro atoms. The van der Waals surface area contributed by atoms with Crippen LogP contribution in [0.1, 0.15) is 49.5 Å². The molecule has 0 amide bonds. The van der Waals surface area contributed by atoms with E-state index in [0.717, 1.165) is 30.6 Å². The highest BCUT2D eigenvalue weighted by atomic mass is 16.5. The molecule has 0 bridgehead atoms. The van der Waals surface area contributed by atoms with Crippen LogP contribution in [0.15, 0.2) is 12.1 Å². The summed E-state index contributed by atoms with van der Waals surface area (Å²) in [5.41, 5.74) is 3.65. The monoisotopic (exact) mass is 234 g/mol. The van der Waals surface area contributed by atoms with Crippen LogP contribution in [0.2, 0.25) is 0 Å². The molecule has 1 atom stereocenters. The van der Waals surface area contributed by atoms with Crippen molar-refractivity contribution in [2.75, 3.05) is 7.11 Å². The highest BCUT2D eigenvalue weighted by Crippen LogP contribution is 2.43. The highest BCUT2D eigenvalue weighted by molar-refractivity contribution is 5.46. The fourth-order valence-corrected chi connectivity index (χ4v) is 2.87. The van der Waals surface area contributed by atoms with Crippen molar-refractivity contribution < 1.29 is 9.84 Å². The van der Waals surface area contributed by atoms with E-state index >= 15 is 0 Å². The molecule has 1 aromatic carbocycles. The van der Waals surface area contributed by atoms with Gasteiger partial charge in [-0.3, -0.25) is 0 Å². The van der Waals surface area contributed by atoms with Gasteiger partial charge in [0.05, 0.1) is 13.2 Å². The normalized spacial score (nSPS) is 22.8. The van der Waals surface area contributed by atoms with Crippen LogP contribution >= 0.6 is 0 Å². The predicted octanol–water partition coefficient (Wildman–Crippen LogP) is 3.40. The maximum atomic E-state index is 10.4. The number of rotatable bonds is 1. The molecule has 0 fully saturated rings. The zero-order valence-corrected chi connectivity index (χ0v) is 11.2. The first-order valence-corrected chi connectivity index (χ1v) is 6.29. The maximum absolute atomic E-state index is 10.4. The van der Waals surface area contributed by atoms with E-state index in [-0.39, 0.29) is 11.5 Å². The van der Waals surface area contributed by atoms with Crippen LogP contribution in [0.4, 0.5) is 0 Å². The molecule has 0 aromatic heterocycles. The zero-order chi connectivity index (χ0) is 12.6. The Kier molecular flexibility index (Phi) is 3.17. The van der Waals surface area contributed by atoms with Gasteiger partial charge in [0.25, 0.3) is 0 Å². The standard InChI is InChI=1S/C15H22O2/c1-10-5-6-13(17-4)11-7-8-15(2,3)9-12(16)14(10)11/h5-6,12,16H,7-9H2,1-4H3. The van der Waals surface area contributed by atoms with Gasteiger partial charge in [-0.05, 0) is 48.8 Å². The molecule has 1 aliphatic carbocycles. The number of hydrogen-bond donors (Lipinski definition) is 1. The zero-order valence-electron chi connectivity index (χ0n) is 11.2. The van der Waals surface area contributed by atoms with Crippen molar-refractivity contribution in [3.05, 3.63) is 28.8 Å². The Morgan fingerprint density at radius 3 is 2.71 bits per heavy atom. The predicted molar refractivity (Wildman–Crippen MR) is 69.4 cm³/mol. The lowest BCUT2D eigenvalue weighted by Gasteiger charge is -2.24. The van der Waals surface area contributed by atoms with Gasteiger partial charge in [-0.25, -0.2) is 0 Å². The second kappa shape index (κ2) is 4.34. The third-order valence-electron chi connectivity index (χ3n) is 3.88. The summed E-state index contributed by atoms with van der Waals surface area (Å²) in [4.78, 5) is 0. The summed E-state index contributed by atoms with van der Waals surface area (Å²) in [5.74, 6) is 0.919. The Balaban J connectivity index is 2.53. The van der Waals surface area contributed by atoms with Crippen molar-refractivity contribution in [2.45, 2.75) is 46.1 Å². The summed E-state index contributed by atoms with van der Waals surface area (Å²) >= 11 is 0. The van der Waals surface area contributed by atoms with Crippen LogP contribution < -0.4 is 4.74 Å². The highest BCUT2D eigenvalue weighted by Gasteiger charge is 2.30. The van der Waals surface area contributed by atoms with Crippen LogP contribution in [0.5, 0.6) is 5.75 Å². The summed E-state index contributed by atoms with van der Waals surface area (Å²) in [6, 6.07) is 4.05. The van der Waals surface area contributed by atoms with E-state index in [2.05, 4.69) is 20.8 Å². The van der Waals surface area contributed by atoms with Gasteiger partial charge in [-0.15, -0.1) is 0 Å². The SMILES string of the molecule is COc1ccc(C)c2c1CCC(C)(C)CC2O. The van der Waals surface area contributed by atoms with Crippen molar-refractivity contribution in [2.24, 2.45) is 5.41 Å². The molecule has 0 aliphatic heterocycles. The summed E-state index contributed by atoms with van der Waals surface area (Å²) in [5, 5.41) is 10.4. The Labute approximate surface area is 104 Å².